The fraction of sp³-hybridized carbons (Fsp3) is 0.947. The van der Waals surface area contributed by atoms with Gasteiger partial charge in [0, 0.05) is 59.2 Å². The highest BCUT2D eigenvalue weighted by Crippen LogP contribution is 2.15. The van der Waals surface area contributed by atoms with Crippen LogP contribution in [0.1, 0.15) is 45.4 Å². The van der Waals surface area contributed by atoms with Crippen molar-refractivity contribution >= 4 is 5.96 Å². The fourth-order valence-corrected chi connectivity index (χ4v) is 3.57. The maximum absolute atomic E-state index is 5.80. The van der Waals surface area contributed by atoms with Gasteiger partial charge in [0.2, 0.25) is 0 Å². The van der Waals surface area contributed by atoms with E-state index >= 15 is 0 Å². The summed E-state index contributed by atoms with van der Waals surface area (Å²) in [6.07, 6.45) is 7.35. The molecular formula is C19H38N4O2. The summed E-state index contributed by atoms with van der Waals surface area (Å²) in [7, 11) is 1.83. The smallest absolute Gasteiger partial charge is 0.191 e. The zero-order valence-corrected chi connectivity index (χ0v) is 16.3. The molecule has 6 heteroatoms. The lowest BCUT2D eigenvalue weighted by atomic mass is 10.0. The summed E-state index contributed by atoms with van der Waals surface area (Å²) < 4.78 is 11.2. The minimum absolute atomic E-state index is 0.688. The molecule has 0 radical (unpaired) electrons. The van der Waals surface area contributed by atoms with Gasteiger partial charge in [-0.05, 0) is 51.5 Å². The third-order valence-electron chi connectivity index (χ3n) is 5.31. The molecular weight excluding hydrogens is 316 g/mol. The molecule has 2 fully saturated rings. The van der Waals surface area contributed by atoms with Gasteiger partial charge in [-0.15, -0.1) is 0 Å². The van der Waals surface area contributed by atoms with E-state index in [0.29, 0.717) is 5.92 Å². The van der Waals surface area contributed by atoms with Crippen molar-refractivity contribution in [1.82, 2.24) is 15.5 Å². The zero-order valence-electron chi connectivity index (χ0n) is 16.3. The third-order valence-corrected chi connectivity index (χ3v) is 5.31. The maximum atomic E-state index is 5.80. The number of ether oxygens (including phenoxy) is 2. The maximum Gasteiger partial charge on any atom is 0.191 e. The van der Waals surface area contributed by atoms with E-state index in [1.54, 1.807) is 0 Å². The molecule has 0 saturated carbocycles. The molecule has 1 unspecified atom stereocenters. The molecule has 2 aliphatic rings. The Balaban J connectivity index is 1.46. The number of hydrogen-bond donors (Lipinski definition) is 2. The monoisotopic (exact) mass is 354 g/mol. The summed E-state index contributed by atoms with van der Waals surface area (Å²) in [5.41, 5.74) is 0. The number of rotatable bonds is 9. The van der Waals surface area contributed by atoms with Gasteiger partial charge in [0.15, 0.2) is 5.96 Å². The van der Waals surface area contributed by atoms with Crippen molar-refractivity contribution in [3.05, 3.63) is 0 Å². The normalized spacial score (nSPS) is 23.6. The van der Waals surface area contributed by atoms with E-state index in [9.17, 15) is 0 Å². The number of aliphatic imine (C=N–C) groups is 1. The van der Waals surface area contributed by atoms with E-state index in [0.717, 1.165) is 77.3 Å². The predicted molar refractivity (Wildman–Crippen MR) is 103 cm³/mol. The number of piperidine rings is 1. The van der Waals surface area contributed by atoms with Gasteiger partial charge in [-0.3, -0.25) is 9.89 Å². The van der Waals surface area contributed by atoms with Crippen LogP contribution < -0.4 is 10.6 Å². The van der Waals surface area contributed by atoms with E-state index < -0.39 is 0 Å². The van der Waals surface area contributed by atoms with Gasteiger partial charge in [-0.2, -0.15) is 0 Å². The van der Waals surface area contributed by atoms with Crippen LogP contribution in [0.3, 0.4) is 0 Å². The van der Waals surface area contributed by atoms with Gasteiger partial charge >= 0.3 is 0 Å². The fourth-order valence-electron chi connectivity index (χ4n) is 3.57. The molecule has 0 aromatic heterocycles. The molecule has 2 heterocycles. The van der Waals surface area contributed by atoms with E-state index in [1.807, 2.05) is 7.05 Å². The van der Waals surface area contributed by atoms with Crippen molar-refractivity contribution in [3.63, 3.8) is 0 Å². The average Bonchev–Trinajstić information content (AvgIpc) is 2.65. The summed E-state index contributed by atoms with van der Waals surface area (Å²) in [5, 5.41) is 6.80. The van der Waals surface area contributed by atoms with Crippen molar-refractivity contribution in [2.45, 2.75) is 51.5 Å². The molecule has 0 amide bonds. The molecule has 2 rings (SSSR count). The van der Waals surface area contributed by atoms with E-state index in [4.69, 9.17) is 9.47 Å². The SMILES string of the molecule is CN=C(NCCCOCC1CCOCC1)NCCN1CCCCC1C. The summed E-state index contributed by atoms with van der Waals surface area (Å²) >= 11 is 0. The molecule has 0 aliphatic carbocycles. The lowest BCUT2D eigenvalue weighted by Crippen LogP contribution is -2.45. The lowest BCUT2D eigenvalue weighted by Gasteiger charge is -2.33. The van der Waals surface area contributed by atoms with E-state index in [-0.39, 0.29) is 0 Å². The summed E-state index contributed by atoms with van der Waals surface area (Å²) in [4.78, 5) is 6.88. The second-order valence-corrected chi connectivity index (χ2v) is 7.29. The van der Waals surface area contributed by atoms with E-state index in [2.05, 4.69) is 27.4 Å². The predicted octanol–water partition coefficient (Wildman–Crippen LogP) is 1.86. The highest BCUT2D eigenvalue weighted by molar-refractivity contribution is 5.79. The highest BCUT2D eigenvalue weighted by atomic mass is 16.5. The molecule has 146 valence electrons. The molecule has 2 aliphatic heterocycles. The number of guanidine groups is 1. The first-order chi connectivity index (χ1) is 12.3. The van der Waals surface area contributed by atoms with Crippen LogP contribution in [0.2, 0.25) is 0 Å². The zero-order chi connectivity index (χ0) is 17.7. The Morgan fingerprint density at radius 3 is 2.72 bits per heavy atom. The Kier molecular flexibility index (Phi) is 10.2. The van der Waals surface area contributed by atoms with Crippen molar-refractivity contribution in [1.29, 1.82) is 0 Å². The van der Waals surface area contributed by atoms with Crippen LogP contribution in [0, 0.1) is 5.92 Å². The standard InChI is InChI=1S/C19H38N4O2/c1-17-6-3-4-11-23(17)12-10-22-19(20-2)21-9-5-13-25-16-18-7-14-24-15-8-18/h17-18H,3-16H2,1-2H3,(H2,20,21,22). The second-order valence-electron chi connectivity index (χ2n) is 7.29. The minimum Gasteiger partial charge on any atom is -0.381 e. The molecule has 6 nitrogen and oxygen atoms in total. The van der Waals surface area contributed by atoms with Gasteiger partial charge in [0.05, 0.1) is 0 Å². The molecule has 0 bridgehead atoms. The number of nitrogens with zero attached hydrogens (tertiary/aromatic N) is 2. The number of hydrogen-bond acceptors (Lipinski definition) is 4. The van der Waals surface area contributed by atoms with Crippen LogP contribution >= 0.6 is 0 Å². The summed E-state index contributed by atoms with van der Waals surface area (Å²) in [6, 6.07) is 0.721. The second kappa shape index (κ2) is 12.5. The van der Waals surface area contributed by atoms with Gasteiger partial charge in [-0.25, -0.2) is 0 Å². The molecule has 2 saturated heterocycles. The van der Waals surface area contributed by atoms with Gasteiger partial charge < -0.3 is 20.1 Å². The number of nitrogens with one attached hydrogen (secondary N) is 2. The van der Waals surface area contributed by atoms with Crippen LogP contribution in [-0.4, -0.2) is 76.6 Å². The lowest BCUT2D eigenvalue weighted by molar-refractivity contribution is 0.0203. The van der Waals surface area contributed by atoms with Gasteiger partial charge in [0.25, 0.3) is 0 Å². The van der Waals surface area contributed by atoms with Crippen molar-refractivity contribution in [2.75, 3.05) is 59.7 Å². The first-order valence-electron chi connectivity index (χ1n) is 10.1. The summed E-state index contributed by atoms with van der Waals surface area (Å²) in [5.74, 6) is 1.59. The van der Waals surface area contributed by atoms with Crippen LogP contribution in [-0.2, 0) is 9.47 Å². The average molecular weight is 355 g/mol. The van der Waals surface area contributed by atoms with Gasteiger partial charge in [0.1, 0.15) is 0 Å². The van der Waals surface area contributed by atoms with Crippen LogP contribution in [0.4, 0.5) is 0 Å². The molecule has 25 heavy (non-hydrogen) atoms. The van der Waals surface area contributed by atoms with Crippen molar-refractivity contribution in [3.8, 4) is 0 Å². The topological polar surface area (TPSA) is 58.1 Å². The quantitative estimate of drug-likeness (QED) is 0.376. The van der Waals surface area contributed by atoms with Gasteiger partial charge in [-0.1, -0.05) is 6.42 Å². The molecule has 1 atom stereocenters. The minimum atomic E-state index is 0.688. The van der Waals surface area contributed by atoms with Crippen molar-refractivity contribution < 1.29 is 9.47 Å². The third kappa shape index (κ3) is 8.38. The Morgan fingerprint density at radius 2 is 1.96 bits per heavy atom. The molecule has 0 aromatic carbocycles. The van der Waals surface area contributed by atoms with Crippen LogP contribution in [0.5, 0.6) is 0 Å². The Hall–Kier alpha value is -0.850. The summed E-state index contributed by atoms with van der Waals surface area (Å²) in [6.45, 7) is 10.00. The Labute approximate surface area is 153 Å². The van der Waals surface area contributed by atoms with Crippen LogP contribution in [0.15, 0.2) is 4.99 Å². The molecule has 0 spiro atoms. The molecule has 2 N–H and O–H groups in total. The Morgan fingerprint density at radius 1 is 1.16 bits per heavy atom. The Bertz CT molecular complexity index is 372. The largest absolute Gasteiger partial charge is 0.381 e. The first-order valence-corrected chi connectivity index (χ1v) is 10.1. The van der Waals surface area contributed by atoms with Crippen LogP contribution in [0.25, 0.3) is 0 Å². The first kappa shape index (κ1) is 20.5. The highest BCUT2D eigenvalue weighted by Gasteiger charge is 2.17. The van der Waals surface area contributed by atoms with Crippen molar-refractivity contribution in [2.24, 2.45) is 10.9 Å². The molecule has 0 aromatic rings. The number of likely N-dealkylation sites (tertiary alicyclic amines) is 1. The van der Waals surface area contributed by atoms with E-state index in [1.165, 1.54) is 25.8 Å².